The van der Waals surface area contributed by atoms with E-state index in [0.717, 1.165) is 49.4 Å². The number of para-hydroxylation sites is 1. The Bertz CT molecular complexity index is 3020. The molecule has 0 saturated heterocycles. The van der Waals surface area contributed by atoms with E-state index in [2.05, 4.69) is 147 Å². The lowest BCUT2D eigenvalue weighted by Gasteiger charge is -2.22. The van der Waals surface area contributed by atoms with Crippen LogP contribution in [0.15, 0.2) is 154 Å². The smallest absolute Gasteiger partial charge is 0.143 e. The number of rotatable bonds is 2. The molecule has 1 aliphatic carbocycles. The van der Waals surface area contributed by atoms with Crippen molar-refractivity contribution in [1.29, 1.82) is 0 Å². The molecule has 11 rings (SSSR count). The Balaban J connectivity index is 1.12. The maximum Gasteiger partial charge on any atom is 0.143 e. The predicted octanol–water partition coefficient (Wildman–Crippen LogP) is 13.4. The number of fused-ring (bicyclic) bond motifs is 13. The molecule has 230 valence electrons. The van der Waals surface area contributed by atoms with E-state index in [9.17, 15) is 0 Å². The van der Waals surface area contributed by atoms with Gasteiger partial charge >= 0.3 is 0 Å². The van der Waals surface area contributed by atoms with E-state index < -0.39 is 0 Å². The summed E-state index contributed by atoms with van der Waals surface area (Å²) in [6.45, 7) is 4.72. The Morgan fingerprint density at radius 3 is 2.02 bits per heavy atom. The highest BCUT2D eigenvalue weighted by molar-refractivity contribution is 6.19. The lowest BCUT2D eigenvalue weighted by molar-refractivity contribution is 0.661. The molecule has 0 N–H and O–H groups in total. The van der Waals surface area contributed by atoms with Crippen LogP contribution in [-0.2, 0) is 5.41 Å². The fourth-order valence-electron chi connectivity index (χ4n) is 8.72. The third kappa shape index (κ3) is 3.61. The van der Waals surface area contributed by atoms with Crippen molar-refractivity contribution in [3.63, 3.8) is 0 Å². The minimum absolute atomic E-state index is 0.117. The van der Waals surface area contributed by atoms with Gasteiger partial charge in [0, 0.05) is 32.3 Å². The van der Waals surface area contributed by atoms with Crippen molar-refractivity contribution in [3.05, 3.63) is 157 Å². The van der Waals surface area contributed by atoms with E-state index >= 15 is 0 Å². The van der Waals surface area contributed by atoms with Crippen LogP contribution in [0.3, 0.4) is 0 Å². The van der Waals surface area contributed by atoms with E-state index in [-0.39, 0.29) is 5.41 Å². The van der Waals surface area contributed by atoms with Crippen LogP contribution in [0.2, 0.25) is 0 Å². The monoisotopic (exact) mass is 626 g/mol. The average molecular weight is 627 g/mol. The van der Waals surface area contributed by atoms with Crippen LogP contribution in [0.4, 0.5) is 0 Å². The molecule has 10 aromatic rings. The molecule has 0 amide bonds. The molecule has 0 aliphatic heterocycles. The molecule has 0 atom stereocenters. The van der Waals surface area contributed by atoms with Gasteiger partial charge in [-0.25, -0.2) is 0 Å². The Labute approximate surface area is 282 Å². The van der Waals surface area contributed by atoms with Crippen LogP contribution in [0.25, 0.3) is 98.8 Å². The van der Waals surface area contributed by atoms with Gasteiger partial charge in [0.2, 0.25) is 0 Å². The summed E-state index contributed by atoms with van der Waals surface area (Å²) in [5, 5.41) is 9.50. The van der Waals surface area contributed by atoms with Gasteiger partial charge in [-0.15, -0.1) is 0 Å². The minimum Gasteiger partial charge on any atom is -0.456 e. The molecule has 2 heterocycles. The van der Waals surface area contributed by atoms with Crippen LogP contribution >= 0.6 is 0 Å². The van der Waals surface area contributed by atoms with E-state index in [0.29, 0.717) is 0 Å². The van der Waals surface area contributed by atoms with Crippen molar-refractivity contribution in [2.24, 2.45) is 0 Å². The molecule has 0 unspecified atom stereocenters. The van der Waals surface area contributed by atoms with Crippen LogP contribution in [0.5, 0.6) is 0 Å². The van der Waals surface area contributed by atoms with Gasteiger partial charge in [0.15, 0.2) is 0 Å². The van der Waals surface area contributed by atoms with Gasteiger partial charge in [-0.05, 0) is 97.1 Å². The third-order valence-electron chi connectivity index (χ3n) is 11.1. The maximum atomic E-state index is 6.56. The SMILES string of the molecule is CC1(C)c2ccc(-c3cccc4oc5c6ccccc6ccc5c34)cc2-c2c1ccc1c(-c3ccc4c(c3)oc3ccccc34)cccc21. The standard InChI is InChI=1S/C47H30O2/c1-47(2)39-23-19-28(31-13-8-16-42-45(31)37-21-17-27-9-3-4-10-32(27)46(37)49-42)25-38(39)44-36-14-7-12-30(33(36)22-24-40(44)47)29-18-20-35-34-11-5-6-15-41(34)48-43(35)26-29/h3-26H,1-2H3. The second-order valence-corrected chi connectivity index (χ2v) is 14.0. The number of furan rings is 2. The first-order valence-corrected chi connectivity index (χ1v) is 17.0. The zero-order valence-electron chi connectivity index (χ0n) is 27.2. The molecule has 0 bridgehead atoms. The highest BCUT2D eigenvalue weighted by Gasteiger charge is 2.37. The number of benzene rings is 8. The van der Waals surface area contributed by atoms with E-state index in [1.807, 2.05) is 12.1 Å². The molecule has 49 heavy (non-hydrogen) atoms. The normalized spacial score (nSPS) is 13.7. The fraction of sp³-hybridized carbons (Fsp3) is 0.0638. The minimum atomic E-state index is -0.117. The topological polar surface area (TPSA) is 26.3 Å². The molecule has 1 aliphatic rings. The Morgan fingerprint density at radius 2 is 1.08 bits per heavy atom. The van der Waals surface area contributed by atoms with E-state index in [1.54, 1.807) is 0 Å². The lowest BCUT2D eigenvalue weighted by Crippen LogP contribution is -2.14. The first-order valence-electron chi connectivity index (χ1n) is 17.0. The number of hydrogen-bond acceptors (Lipinski definition) is 2. The van der Waals surface area contributed by atoms with Crippen molar-refractivity contribution >= 4 is 65.4 Å². The number of hydrogen-bond donors (Lipinski definition) is 0. The Kier molecular flexibility index (Phi) is 5.21. The summed E-state index contributed by atoms with van der Waals surface area (Å²) in [5.74, 6) is 0. The zero-order chi connectivity index (χ0) is 32.4. The Hall–Kier alpha value is -6.12. The van der Waals surface area contributed by atoms with Gasteiger partial charge in [0.25, 0.3) is 0 Å². The average Bonchev–Trinajstić information content (AvgIpc) is 3.78. The molecule has 8 aromatic carbocycles. The fourth-order valence-corrected chi connectivity index (χ4v) is 8.72. The molecule has 2 nitrogen and oxygen atoms in total. The summed E-state index contributed by atoms with van der Waals surface area (Å²) in [5.41, 5.74) is 13.7. The highest BCUT2D eigenvalue weighted by atomic mass is 16.3. The molecular weight excluding hydrogens is 597 g/mol. The first kappa shape index (κ1) is 26.9. The summed E-state index contributed by atoms with van der Waals surface area (Å²) < 4.78 is 12.9. The van der Waals surface area contributed by atoms with Crippen LogP contribution < -0.4 is 0 Å². The summed E-state index contributed by atoms with van der Waals surface area (Å²) >= 11 is 0. The van der Waals surface area contributed by atoms with E-state index in [4.69, 9.17) is 8.83 Å². The lowest BCUT2D eigenvalue weighted by atomic mass is 9.81. The summed E-state index contributed by atoms with van der Waals surface area (Å²) in [6.07, 6.45) is 0. The summed E-state index contributed by atoms with van der Waals surface area (Å²) in [4.78, 5) is 0. The quantitative estimate of drug-likeness (QED) is 0.191. The van der Waals surface area contributed by atoms with Gasteiger partial charge < -0.3 is 8.83 Å². The summed E-state index contributed by atoms with van der Waals surface area (Å²) in [7, 11) is 0. The molecule has 0 fully saturated rings. The van der Waals surface area contributed by atoms with Crippen molar-refractivity contribution in [3.8, 4) is 33.4 Å². The van der Waals surface area contributed by atoms with Gasteiger partial charge in [-0.2, -0.15) is 0 Å². The largest absolute Gasteiger partial charge is 0.456 e. The molecule has 2 aromatic heterocycles. The van der Waals surface area contributed by atoms with Crippen molar-refractivity contribution in [2.45, 2.75) is 19.3 Å². The van der Waals surface area contributed by atoms with Crippen LogP contribution in [0, 0.1) is 0 Å². The summed E-state index contributed by atoms with van der Waals surface area (Å²) in [6, 6.07) is 52.8. The van der Waals surface area contributed by atoms with Gasteiger partial charge in [0.05, 0.1) is 0 Å². The van der Waals surface area contributed by atoms with Crippen molar-refractivity contribution in [1.82, 2.24) is 0 Å². The molecule has 2 heteroatoms. The van der Waals surface area contributed by atoms with Gasteiger partial charge in [-0.1, -0.05) is 123 Å². The van der Waals surface area contributed by atoms with Gasteiger partial charge in [0.1, 0.15) is 22.3 Å². The van der Waals surface area contributed by atoms with Crippen molar-refractivity contribution in [2.75, 3.05) is 0 Å². The van der Waals surface area contributed by atoms with Crippen molar-refractivity contribution < 1.29 is 8.83 Å². The predicted molar refractivity (Wildman–Crippen MR) is 204 cm³/mol. The molecule has 0 radical (unpaired) electrons. The third-order valence-corrected chi connectivity index (χ3v) is 11.1. The van der Waals surface area contributed by atoms with E-state index in [1.165, 1.54) is 60.5 Å². The highest BCUT2D eigenvalue weighted by Crippen LogP contribution is 2.53. The van der Waals surface area contributed by atoms with Gasteiger partial charge in [-0.3, -0.25) is 0 Å². The molecule has 0 saturated carbocycles. The second-order valence-electron chi connectivity index (χ2n) is 14.0. The first-order chi connectivity index (χ1) is 24.0. The Morgan fingerprint density at radius 1 is 0.408 bits per heavy atom. The second kappa shape index (κ2) is 9.49. The maximum absolute atomic E-state index is 6.56. The molecule has 0 spiro atoms. The van der Waals surface area contributed by atoms with Crippen LogP contribution in [-0.4, -0.2) is 0 Å². The molecular formula is C47H30O2. The zero-order valence-corrected chi connectivity index (χ0v) is 27.2. The van der Waals surface area contributed by atoms with Crippen LogP contribution in [0.1, 0.15) is 25.0 Å².